The van der Waals surface area contributed by atoms with E-state index in [0.29, 0.717) is 0 Å². The highest BCUT2D eigenvalue weighted by molar-refractivity contribution is 7.90. The molecule has 2 heterocycles. The molecule has 22 heteroatoms. The van der Waals surface area contributed by atoms with Gasteiger partial charge < -0.3 is 15.2 Å². The van der Waals surface area contributed by atoms with Gasteiger partial charge >= 0.3 is 12.2 Å². The van der Waals surface area contributed by atoms with Crippen molar-refractivity contribution in [1.29, 1.82) is 0 Å². The highest BCUT2D eigenvalue weighted by atomic mass is 32.2. The molecular weight excluding hydrogens is 759 g/mol. The van der Waals surface area contributed by atoms with Gasteiger partial charge in [0.05, 0.1) is 16.4 Å². The maximum atomic E-state index is 14.4. The number of non-ortho nitro benzene ring substituents is 1. The number of nitrogens with two attached hydrogens (primary N) is 1. The molecular formula is C32H44F2N8O10S2. The number of carbonyl (C=O) groups excluding carboxylic acids is 2. The molecule has 0 bridgehead atoms. The number of guanidine groups is 2. The van der Waals surface area contributed by atoms with Gasteiger partial charge in [-0.25, -0.2) is 53.8 Å². The standard InChI is InChI=1S/C16H21FN4O6S.C16H23FN4O4S/c1-15(2,3)27-14(22)18-13-19-16(4,9-28(25,26)20(13)5)11-8-10(21(23)24)6-7-12(11)17;1-15(2,3)25-14(22)19-13-20-16(4,9-26(23,24)21(13)5)11-8-10(18)6-7-12(11)17/h6-8H,9H2,1-5H3,(H,18,19,22);6-8H,9,18H2,1-5H3,(H,19,20,22)/t2*16-/m00/s1. The van der Waals surface area contributed by atoms with E-state index in [9.17, 15) is 45.3 Å². The fraction of sp³-hybridized carbons (Fsp3) is 0.500. The van der Waals surface area contributed by atoms with E-state index in [2.05, 4.69) is 20.6 Å². The molecule has 2 atom stereocenters. The largest absolute Gasteiger partial charge is 0.444 e. The number of nitrogen functional groups attached to an aromatic ring is 1. The van der Waals surface area contributed by atoms with Gasteiger partial charge in [0.1, 0.15) is 33.9 Å². The summed E-state index contributed by atoms with van der Waals surface area (Å²) in [6, 6.07) is 6.64. The SMILES string of the molecule is CN1C(NC(=O)OC(C)(C)C)=N[C@](C)(c2cc(N)ccc2F)CS1(=O)=O.CN1C(NC(=O)OC(C)(C)C)=N[C@](C)(c2cc([N+](=O)[O-])ccc2F)CS1(=O)=O. The third-order valence-electron chi connectivity index (χ3n) is 7.60. The lowest BCUT2D eigenvalue weighted by Gasteiger charge is -2.36. The first-order valence-electron chi connectivity index (χ1n) is 16.0. The Morgan fingerprint density at radius 3 is 1.54 bits per heavy atom. The number of benzene rings is 2. The fourth-order valence-electron chi connectivity index (χ4n) is 5.11. The van der Waals surface area contributed by atoms with Crippen molar-refractivity contribution in [3.8, 4) is 0 Å². The number of hydrogen-bond donors (Lipinski definition) is 3. The molecule has 2 aromatic rings. The minimum atomic E-state index is -4.01. The Labute approximate surface area is 312 Å². The number of anilines is 1. The number of carbonyl (C=O) groups is 2. The molecule has 2 aromatic carbocycles. The Balaban J connectivity index is 0.000000291. The average molecular weight is 803 g/mol. The summed E-state index contributed by atoms with van der Waals surface area (Å²) in [5.74, 6) is -3.25. The van der Waals surface area contributed by atoms with E-state index in [0.717, 1.165) is 32.9 Å². The number of nitrogens with zero attached hydrogens (tertiary/aromatic N) is 5. The van der Waals surface area contributed by atoms with Gasteiger partial charge in [0.15, 0.2) is 0 Å². The molecule has 0 radical (unpaired) electrons. The quantitative estimate of drug-likeness (QED) is 0.228. The maximum absolute atomic E-state index is 14.4. The van der Waals surface area contributed by atoms with Crippen molar-refractivity contribution < 1.29 is 49.6 Å². The first kappa shape index (κ1) is 43.3. The van der Waals surface area contributed by atoms with E-state index in [4.69, 9.17) is 15.2 Å². The van der Waals surface area contributed by atoms with Crippen LogP contribution < -0.4 is 16.4 Å². The van der Waals surface area contributed by atoms with E-state index in [1.54, 1.807) is 41.5 Å². The molecule has 0 spiro atoms. The van der Waals surface area contributed by atoms with Crippen LogP contribution in [0.5, 0.6) is 0 Å². The number of ether oxygens (including phenoxy) is 2. The van der Waals surface area contributed by atoms with Crippen molar-refractivity contribution in [3.63, 3.8) is 0 Å². The summed E-state index contributed by atoms with van der Waals surface area (Å²) in [5, 5.41) is 15.6. The second-order valence-corrected chi connectivity index (χ2v) is 18.8. The van der Waals surface area contributed by atoms with Gasteiger partial charge in [-0.3, -0.25) is 20.7 Å². The zero-order valence-electron chi connectivity index (χ0n) is 31.3. The minimum absolute atomic E-state index is 0.0256. The number of sulfonamides is 2. The Bertz CT molecular complexity index is 2120. The van der Waals surface area contributed by atoms with Gasteiger partial charge in [-0.15, -0.1) is 0 Å². The summed E-state index contributed by atoms with van der Waals surface area (Å²) in [7, 11) is -5.44. The van der Waals surface area contributed by atoms with E-state index in [-0.39, 0.29) is 28.7 Å². The molecule has 0 fully saturated rings. The molecule has 0 saturated heterocycles. The highest BCUT2D eigenvalue weighted by Crippen LogP contribution is 2.36. The number of halogens is 2. The normalized spacial score (nSPS) is 22.1. The van der Waals surface area contributed by atoms with Crippen molar-refractivity contribution in [2.45, 2.75) is 77.7 Å². The topological polar surface area (TPSA) is 245 Å². The Morgan fingerprint density at radius 2 is 1.17 bits per heavy atom. The van der Waals surface area contributed by atoms with Crippen LogP contribution >= 0.6 is 0 Å². The number of alkyl carbamates (subject to hydrolysis) is 2. The fourth-order valence-corrected chi connectivity index (χ4v) is 8.06. The minimum Gasteiger partial charge on any atom is -0.444 e. The molecule has 298 valence electrons. The van der Waals surface area contributed by atoms with Gasteiger partial charge in [0, 0.05) is 43.0 Å². The van der Waals surface area contributed by atoms with Crippen LogP contribution in [-0.4, -0.2) is 91.3 Å². The third-order valence-corrected chi connectivity index (χ3v) is 11.5. The lowest BCUT2D eigenvalue weighted by molar-refractivity contribution is -0.385. The van der Waals surface area contributed by atoms with Crippen LogP contribution in [0, 0.1) is 21.7 Å². The summed E-state index contributed by atoms with van der Waals surface area (Å²) in [4.78, 5) is 42.8. The van der Waals surface area contributed by atoms with Gasteiger partial charge in [-0.1, -0.05) is 0 Å². The molecule has 4 rings (SSSR count). The van der Waals surface area contributed by atoms with Gasteiger partial charge in [-0.2, -0.15) is 0 Å². The monoisotopic (exact) mass is 802 g/mol. The number of aliphatic imine (C=N–C) groups is 2. The third kappa shape index (κ3) is 10.5. The summed E-state index contributed by atoms with van der Waals surface area (Å²) in [5.41, 5.74) is 0.536. The maximum Gasteiger partial charge on any atom is 0.414 e. The number of nitro benzene ring substituents is 1. The Kier molecular flexibility index (Phi) is 12.0. The van der Waals surface area contributed by atoms with Crippen molar-refractivity contribution in [2.75, 3.05) is 31.3 Å². The molecule has 2 aliphatic rings. The Hall–Kier alpha value is -5.12. The number of nitro groups is 1. The number of amides is 2. The Morgan fingerprint density at radius 1 is 0.796 bits per heavy atom. The van der Waals surface area contributed by atoms with E-state index in [1.807, 2.05) is 0 Å². The molecule has 2 aliphatic heterocycles. The van der Waals surface area contributed by atoms with E-state index < -0.39 is 88.3 Å². The van der Waals surface area contributed by atoms with Crippen LogP contribution in [0.15, 0.2) is 46.4 Å². The van der Waals surface area contributed by atoms with Crippen molar-refractivity contribution in [2.24, 2.45) is 9.98 Å². The van der Waals surface area contributed by atoms with Crippen molar-refractivity contribution >= 4 is 55.5 Å². The zero-order valence-corrected chi connectivity index (χ0v) is 33.0. The lowest BCUT2D eigenvalue weighted by Crippen LogP contribution is -2.54. The summed E-state index contributed by atoms with van der Waals surface area (Å²) in [6.07, 6.45) is -1.81. The molecule has 0 aliphatic carbocycles. The lowest BCUT2D eigenvalue weighted by atomic mass is 9.93. The molecule has 0 unspecified atom stereocenters. The van der Waals surface area contributed by atoms with Crippen molar-refractivity contribution in [3.05, 3.63) is 69.3 Å². The van der Waals surface area contributed by atoms with Crippen LogP contribution in [0.25, 0.3) is 0 Å². The van der Waals surface area contributed by atoms with Gasteiger partial charge in [0.25, 0.3) is 5.69 Å². The first-order valence-corrected chi connectivity index (χ1v) is 19.2. The summed E-state index contributed by atoms with van der Waals surface area (Å²) >= 11 is 0. The molecule has 4 N–H and O–H groups in total. The predicted octanol–water partition coefficient (Wildman–Crippen LogP) is 3.88. The number of nitrogens with one attached hydrogen (secondary N) is 2. The molecule has 18 nitrogen and oxygen atoms in total. The number of hydrogen-bond acceptors (Lipinski definition) is 13. The molecule has 54 heavy (non-hydrogen) atoms. The van der Waals surface area contributed by atoms with Gasteiger partial charge in [0.2, 0.25) is 32.0 Å². The second-order valence-electron chi connectivity index (χ2n) is 14.8. The first-order chi connectivity index (χ1) is 24.4. The second kappa shape index (κ2) is 15.0. The predicted molar refractivity (Wildman–Crippen MR) is 195 cm³/mol. The molecule has 0 saturated carbocycles. The van der Waals surface area contributed by atoms with Crippen LogP contribution in [0.2, 0.25) is 0 Å². The van der Waals surface area contributed by atoms with Crippen LogP contribution in [-0.2, 0) is 40.6 Å². The summed E-state index contributed by atoms with van der Waals surface area (Å²) < 4.78 is 90.8. The number of rotatable bonds is 3. The van der Waals surface area contributed by atoms with Crippen LogP contribution in [0.1, 0.15) is 66.5 Å². The molecule has 2 amide bonds. The average Bonchev–Trinajstić information content (AvgIpc) is 2.97. The summed E-state index contributed by atoms with van der Waals surface area (Å²) in [6.45, 7) is 12.7. The van der Waals surface area contributed by atoms with Gasteiger partial charge in [-0.05, 0) is 79.7 Å². The van der Waals surface area contributed by atoms with Crippen molar-refractivity contribution in [1.82, 2.24) is 19.2 Å². The van der Waals surface area contributed by atoms with E-state index >= 15 is 0 Å². The highest BCUT2D eigenvalue weighted by Gasteiger charge is 2.45. The van der Waals surface area contributed by atoms with E-state index in [1.165, 1.54) is 40.1 Å². The molecule has 0 aromatic heterocycles. The zero-order chi connectivity index (χ0) is 41.4. The van der Waals surface area contributed by atoms with Crippen LogP contribution in [0.4, 0.5) is 29.7 Å². The van der Waals surface area contributed by atoms with Crippen LogP contribution in [0.3, 0.4) is 0 Å². The smallest absolute Gasteiger partial charge is 0.414 e.